The molecule has 2 fully saturated rings. The zero-order valence-corrected chi connectivity index (χ0v) is 13.2. The molecule has 3 rings (SSSR count). The van der Waals surface area contributed by atoms with Crippen molar-refractivity contribution in [3.8, 4) is 0 Å². The second-order valence-corrected chi connectivity index (χ2v) is 8.13. The monoisotopic (exact) mass is 276 g/mol. The van der Waals surface area contributed by atoms with Crippen molar-refractivity contribution in [3.63, 3.8) is 0 Å². The van der Waals surface area contributed by atoms with Gasteiger partial charge in [0.2, 0.25) is 0 Å². The van der Waals surface area contributed by atoms with Gasteiger partial charge < -0.3 is 9.47 Å². The largest absolute Gasteiger partial charge is 0.347 e. The summed E-state index contributed by atoms with van der Waals surface area (Å²) < 4.78 is 12.1. The average Bonchev–Trinajstić information content (AvgIpc) is 2.74. The van der Waals surface area contributed by atoms with Gasteiger partial charge in [-0.15, -0.1) is 0 Å². The molecule has 0 aromatic rings. The molecule has 0 aromatic carbocycles. The fourth-order valence-corrected chi connectivity index (χ4v) is 4.98. The van der Waals surface area contributed by atoms with Crippen LogP contribution in [0.25, 0.3) is 0 Å². The van der Waals surface area contributed by atoms with Gasteiger partial charge in [0.25, 0.3) is 0 Å². The van der Waals surface area contributed by atoms with E-state index in [0.29, 0.717) is 16.7 Å². The van der Waals surface area contributed by atoms with E-state index in [4.69, 9.17) is 9.47 Å². The van der Waals surface area contributed by atoms with Gasteiger partial charge >= 0.3 is 0 Å². The number of rotatable bonds is 2. The zero-order valence-electron chi connectivity index (χ0n) is 13.2. The Bertz CT molecular complexity index is 415. The zero-order chi connectivity index (χ0) is 14.3. The van der Waals surface area contributed by atoms with Gasteiger partial charge in [-0.25, -0.2) is 0 Å². The Morgan fingerprint density at radius 3 is 2.40 bits per heavy atom. The highest BCUT2D eigenvalue weighted by Crippen LogP contribution is 2.55. The molecular weight excluding hydrogens is 248 g/mol. The molecule has 0 N–H and O–H groups in total. The van der Waals surface area contributed by atoms with Crippen molar-refractivity contribution < 1.29 is 9.47 Å². The Morgan fingerprint density at radius 2 is 1.75 bits per heavy atom. The van der Waals surface area contributed by atoms with Gasteiger partial charge in [-0.2, -0.15) is 0 Å². The van der Waals surface area contributed by atoms with Crippen LogP contribution in [0.1, 0.15) is 52.9 Å². The molecule has 2 atom stereocenters. The van der Waals surface area contributed by atoms with Crippen molar-refractivity contribution in [1.82, 2.24) is 0 Å². The predicted octanol–water partition coefficient (Wildman–Crippen LogP) is 4.47. The molecule has 1 spiro atoms. The van der Waals surface area contributed by atoms with Gasteiger partial charge in [0.15, 0.2) is 5.79 Å². The van der Waals surface area contributed by atoms with E-state index in [9.17, 15) is 0 Å². The van der Waals surface area contributed by atoms with Crippen LogP contribution >= 0.6 is 0 Å². The second kappa shape index (κ2) is 4.99. The lowest BCUT2D eigenvalue weighted by Crippen LogP contribution is -2.48. The summed E-state index contributed by atoms with van der Waals surface area (Å²) in [4.78, 5) is 0. The molecule has 0 aromatic heterocycles. The Hall–Kier alpha value is -0.600. The molecule has 2 unspecified atom stereocenters. The molecule has 1 saturated heterocycles. The minimum Gasteiger partial charge on any atom is -0.347 e. The van der Waals surface area contributed by atoms with Crippen LogP contribution in [-0.2, 0) is 9.47 Å². The molecule has 0 amide bonds. The van der Waals surface area contributed by atoms with Crippen LogP contribution in [0.5, 0.6) is 0 Å². The van der Waals surface area contributed by atoms with Crippen molar-refractivity contribution in [1.29, 1.82) is 0 Å². The van der Waals surface area contributed by atoms with Crippen LogP contribution in [0.3, 0.4) is 0 Å². The summed E-state index contributed by atoms with van der Waals surface area (Å²) in [5, 5.41) is 0. The fraction of sp³-hybridized carbons (Fsp3) is 0.778. The third-order valence-corrected chi connectivity index (χ3v) is 4.99. The van der Waals surface area contributed by atoms with Crippen molar-refractivity contribution >= 4 is 0 Å². The highest BCUT2D eigenvalue weighted by atomic mass is 16.7. The maximum absolute atomic E-state index is 6.05. The van der Waals surface area contributed by atoms with Gasteiger partial charge in [-0.3, -0.25) is 0 Å². The van der Waals surface area contributed by atoms with Crippen LogP contribution in [0.15, 0.2) is 24.3 Å². The molecule has 1 saturated carbocycles. The molecule has 1 aliphatic heterocycles. The molecule has 0 bridgehead atoms. The number of hydrogen-bond acceptors (Lipinski definition) is 2. The van der Waals surface area contributed by atoms with Crippen molar-refractivity contribution in [3.05, 3.63) is 24.3 Å². The molecule has 0 radical (unpaired) electrons. The first-order valence-electron chi connectivity index (χ1n) is 8.02. The van der Waals surface area contributed by atoms with Gasteiger partial charge in [0, 0.05) is 12.8 Å². The molecule has 2 heteroatoms. The summed E-state index contributed by atoms with van der Waals surface area (Å²) in [6.07, 6.45) is 14.8. The first kappa shape index (κ1) is 14.3. The molecule has 2 nitrogen and oxygen atoms in total. The van der Waals surface area contributed by atoms with E-state index in [1.165, 1.54) is 19.3 Å². The van der Waals surface area contributed by atoms with Crippen molar-refractivity contribution in [2.75, 3.05) is 13.2 Å². The average molecular weight is 276 g/mol. The lowest BCUT2D eigenvalue weighted by molar-refractivity contribution is -0.226. The second-order valence-electron chi connectivity index (χ2n) is 8.13. The highest BCUT2D eigenvalue weighted by Gasteiger charge is 2.52. The van der Waals surface area contributed by atoms with Gasteiger partial charge in [-0.05, 0) is 36.0 Å². The summed E-state index contributed by atoms with van der Waals surface area (Å²) in [6, 6.07) is 0. The summed E-state index contributed by atoms with van der Waals surface area (Å²) in [6.45, 7) is 8.70. The first-order chi connectivity index (χ1) is 9.41. The predicted molar refractivity (Wildman–Crippen MR) is 81.4 cm³/mol. The quantitative estimate of drug-likeness (QED) is 0.741. The minimum absolute atomic E-state index is 0.297. The third-order valence-electron chi connectivity index (χ3n) is 4.99. The fourth-order valence-electron chi connectivity index (χ4n) is 4.98. The maximum atomic E-state index is 6.05. The molecule has 3 aliphatic rings. The Labute approximate surface area is 123 Å². The summed E-state index contributed by atoms with van der Waals surface area (Å²) >= 11 is 0. The Morgan fingerprint density at radius 1 is 1.00 bits per heavy atom. The van der Waals surface area contributed by atoms with Crippen LogP contribution in [0.4, 0.5) is 0 Å². The van der Waals surface area contributed by atoms with Crippen molar-refractivity contribution in [2.45, 2.75) is 58.7 Å². The van der Waals surface area contributed by atoms with Crippen LogP contribution in [-0.4, -0.2) is 19.0 Å². The molecule has 112 valence electrons. The van der Waals surface area contributed by atoms with E-state index < -0.39 is 0 Å². The summed E-state index contributed by atoms with van der Waals surface area (Å²) in [7, 11) is 0. The van der Waals surface area contributed by atoms with E-state index in [1.54, 1.807) is 0 Å². The summed E-state index contributed by atoms with van der Waals surface area (Å²) in [5.41, 5.74) is 0.609. The third kappa shape index (κ3) is 3.01. The number of allylic oxidation sites excluding steroid dienone is 4. The van der Waals surface area contributed by atoms with E-state index in [1.807, 2.05) is 0 Å². The van der Waals surface area contributed by atoms with Gasteiger partial charge in [-0.1, -0.05) is 45.1 Å². The van der Waals surface area contributed by atoms with E-state index in [2.05, 4.69) is 45.1 Å². The minimum atomic E-state index is -0.301. The SMILES string of the molecule is CC1(C)CC(C)(CC2C=CC=CC2)CC2(C1)OCCO2. The molecule has 20 heavy (non-hydrogen) atoms. The van der Waals surface area contributed by atoms with Crippen LogP contribution < -0.4 is 0 Å². The lowest BCUT2D eigenvalue weighted by Gasteiger charge is -2.51. The molecular formula is C18H28O2. The van der Waals surface area contributed by atoms with Gasteiger partial charge in [0.05, 0.1) is 13.2 Å². The highest BCUT2D eigenvalue weighted by molar-refractivity contribution is 5.12. The van der Waals surface area contributed by atoms with E-state index >= 15 is 0 Å². The molecule has 2 aliphatic carbocycles. The Kier molecular flexibility index (Phi) is 3.58. The lowest BCUT2D eigenvalue weighted by atomic mass is 9.59. The smallest absolute Gasteiger partial charge is 0.169 e. The van der Waals surface area contributed by atoms with Crippen molar-refractivity contribution in [2.24, 2.45) is 16.7 Å². The Balaban J connectivity index is 1.76. The number of hydrogen-bond donors (Lipinski definition) is 0. The van der Waals surface area contributed by atoms with Gasteiger partial charge in [0.1, 0.15) is 0 Å². The standard InChI is InChI=1S/C18H28O2/c1-16(2)12-17(3,11-15-7-5-4-6-8-15)14-18(13-16)19-9-10-20-18/h4-7,15H,8-14H2,1-3H3. The molecule has 1 heterocycles. The van der Waals surface area contributed by atoms with Crippen LogP contribution in [0.2, 0.25) is 0 Å². The maximum Gasteiger partial charge on any atom is 0.169 e. The number of ether oxygens (including phenoxy) is 2. The normalized spacial score (nSPS) is 38.5. The van der Waals surface area contributed by atoms with E-state index in [0.717, 1.165) is 26.1 Å². The summed E-state index contributed by atoms with van der Waals surface area (Å²) in [5.74, 6) is 0.377. The van der Waals surface area contributed by atoms with E-state index in [-0.39, 0.29) is 5.79 Å². The van der Waals surface area contributed by atoms with Crippen LogP contribution in [0, 0.1) is 16.7 Å². The first-order valence-corrected chi connectivity index (χ1v) is 8.02. The topological polar surface area (TPSA) is 18.5 Å².